The second kappa shape index (κ2) is 5.03. The predicted octanol–water partition coefficient (Wildman–Crippen LogP) is 2.02. The molecule has 1 saturated heterocycles. The summed E-state index contributed by atoms with van der Waals surface area (Å²) in [6.45, 7) is 0.144. The third-order valence-electron chi connectivity index (χ3n) is 2.87. The molecule has 0 aromatic heterocycles. The fraction of sp³-hybridized carbons (Fsp3) is 0.333. The molecule has 0 saturated carbocycles. The number of carboxylic acid groups (broad SMARTS) is 1. The van der Waals surface area contributed by atoms with Gasteiger partial charge in [-0.15, -0.1) is 13.2 Å². The number of carbonyl (C=O) groups is 2. The van der Waals surface area contributed by atoms with Crippen LogP contribution >= 0.6 is 0 Å². The first-order valence-corrected chi connectivity index (χ1v) is 5.68. The fourth-order valence-electron chi connectivity index (χ4n) is 2.01. The Kier molecular flexibility index (Phi) is 3.56. The number of alkyl halides is 3. The van der Waals surface area contributed by atoms with Crippen molar-refractivity contribution in [1.29, 1.82) is 0 Å². The van der Waals surface area contributed by atoms with E-state index in [4.69, 9.17) is 5.11 Å². The van der Waals surface area contributed by atoms with Gasteiger partial charge in [0.2, 0.25) is 5.91 Å². The van der Waals surface area contributed by atoms with E-state index in [0.29, 0.717) is 0 Å². The molecule has 2 rings (SSSR count). The molecule has 1 fully saturated rings. The zero-order chi connectivity index (χ0) is 14.9. The number of hydrogen-bond donors (Lipinski definition) is 1. The summed E-state index contributed by atoms with van der Waals surface area (Å²) in [5, 5.41) is 8.83. The summed E-state index contributed by atoms with van der Waals surface area (Å²) in [6.07, 6.45) is -4.70. The van der Waals surface area contributed by atoms with E-state index in [1.807, 2.05) is 0 Å². The minimum Gasteiger partial charge on any atom is -0.481 e. The van der Waals surface area contributed by atoms with Gasteiger partial charge in [-0.3, -0.25) is 9.59 Å². The molecular formula is C12H10F3NO4. The van der Waals surface area contributed by atoms with E-state index in [2.05, 4.69) is 4.74 Å². The Balaban J connectivity index is 2.20. The van der Waals surface area contributed by atoms with Crippen molar-refractivity contribution < 1.29 is 32.6 Å². The number of halogens is 3. The molecule has 1 aromatic rings. The maximum Gasteiger partial charge on any atom is 0.573 e. The summed E-state index contributed by atoms with van der Waals surface area (Å²) in [4.78, 5) is 23.8. The van der Waals surface area contributed by atoms with Crippen LogP contribution in [0.15, 0.2) is 24.3 Å². The molecule has 108 valence electrons. The number of anilines is 1. The van der Waals surface area contributed by atoms with Crippen LogP contribution in [0.1, 0.15) is 6.42 Å². The van der Waals surface area contributed by atoms with Crippen molar-refractivity contribution in [3.63, 3.8) is 0 Å². The summed E-state index contributed by atoms with van der Waals surface area (Å²) in [5.74, 6) is -3.48. The number of hydrogen-bond acceptors (Lipinski definition) is 3. The first-order valence-electron chi connectivity index (χ1n) is 5.68. The van der Waals surface area contributed by atoms with Gasteiger partial charge in [-0.05, 0) is 18.6 Å². The molecule has 1 heterocycles. The van der Waals surface area contributed by atoms with Crippen molar-refractivity contribution >= 4 is 17.6 Å². The normalized spacial score (nSPS) is 19.2. The van der Waals surface area contributed by atoms with Gasteiger partial charge in [-0.2, -0.15) is 0 Å². The SMILES string of the molecule is O=C(O)[C@@H]1CCN(c2cccc(OC(F)(F)F)c2)C1=O. The highest BCUT2D eigenvalue weighted by Crippen LogP contribution is 2.30. The molecule has 8 heteroatoms. The Morgan fingerprint density at radius 1 is 1.40 bits per heavy atom. The van der Waals surface area contributed by atoms with Crippen LogP contribution in [0.3, 0.4) is 0 Å². The Morgan fingerprint density at radius 3 is 2.65 bits per heavy atom. The summed E-state index contributed by atoms with van der Waals surface area (Å²) in [5.41, 5.74) is 0.181. The number of amides is 1. The standard InChI is InChI=1S/C12H10F3NO4/c13-12(14,15)20-8-3-1-2-7(6-8)16-5-4-9(10(16)17)11(18)19/h1-3,6,9H,4-5H2,(H,18,19)/t9-/m1/s1. The number of benzene rings is 1. The third kappa shape index (κ3) is 3.01. The first-order chi connectivity index (χ1) is 9.28. The van der Waals surface area contributed by atoms with E-state index < -0.39 is 29.9 Å². The van der Waals surface area contributed by atoms with Gasteiger partial charge in [-0.25, -0.2) is 0 Å². The molecule has 20 heavy (non-hydrogen) atoms. The fourth-order valence-corrected chi connectivity index (χ4v) is 2.01. The average molecular weight is 289 g/mol. The van der Waals surface area contributed by atoms with Crippen molar-refractivity contribution in [3.05, 3.63) is 24.3 Å². The minimum absolute atomic E-state index is 0.124. The maximum absolute atomic E-state index is 12.1. The van der Waals surface area contributed by atoms with Crippen molar-refractivity contribution in [2.24, 2.45) is 5.92 Å². The Morgan fingerprint density at radius 2 is 2.10 bits per heavy atom. The smallest absolute Gasteiger partial charge is 0.481 e. The molecular weight excluding hydrogens is 279 g/mol. The van der Waals surface area contributed by atoms with E-state index in [9.17, 15) is 22.8 Å². The van der Waals surface area contributed by atoms with Crippen LogP contribution in [0, 0.1) is 5.92 Å². The maximum atomic E-state index is 12.1. The minimum atomic E-state index is -4.82. The highest BCUT2D eigenvalue weighted by Gasteiger charge is 2.38. The Labute approximate surface area is 111 Å². The van der Waals surface area contributed by atoms with Gasteiger partial charge in [0, 0.05) is 18.3 Å². The Bertz CT molecular complexity index is 544. The van der Waals surface area contributed by atoms with Crippen LogP contribution in [0.4, 0.5) is 18.9 Å². The lowest BCUT2D eigenvalue weighted by molar-refractivity contribution is -0.274. The van der Waals surface area contributed by atoms with E-state index in [1.54, 1.807) is 0 Å². The van der Waals surface area contributed by atoms with Gasteiger partial charge < -0.3 is 14.7 Å². The molecule has 0 spiro atoms. The molecule has 1 aliphatic rings. The quantitative estimate of drug-likeness (QED) is 0.864. The van der Waals surface area contributed by atoms with Crippen LogP contribution in [0.5, 0.6) is 5.75 Å². The summed E-state index contributed by atoms with van der Waals surface area (Å²) >= 11 is 0. The van der Waals surface area contributed by atoms with Gasteiger partial charge in [0.05, 0.1) is 0 Å². The third-order valence-corrected chi connectivity index (χ3v) is 2.87. The largest absolute Gasteiger partial charge is 0.573 e. The molecule has 0 aliphatic carbocycles. The summed E-state index contributed by atoms with van der Waals surface area (Å²) in [7, 11) is 0. The molecule has 1 aromatic carbocycles. The van der Waals surface area contributed by atoms with Crippen molar-refractivity contribution in [1.82, 2.24) is 0 Å². The number of ether oxygens (including phenoxy) is 1. The lowest BCUT2D eigenvalue weighted by Gasteiger charge is -2.17. The predicted molar refractivity (Wildman–Crippen MR) is 61.2 cm³/mol. The number of carboxylic acids is 1. The molecule has 0 bridgehead atoms. The highest BCUT2D eigenvalue weighted by molar-refractivity contribution is 6.07. The van der Waals surface area contributed by atoms with Gasteiger partial charge in [0.15, 0.2) is 0 Å². The molecule has 0 unspecified atom stereocenters. The van der Waals surface area contributed by atoms with Crippen LogP contribution in [0.2, 0.25) is 0 Å². The zero-order valence-corrected chi connectivity index (χ0v) is 10.1. The second-order valence-electron chi connectivity index (χ2n) is 4.21. The van der Waals surface area contributed by atoms with Gasteiger partial charge in [-0.1, -0.05) is 6.07 Å². The zero-order valence-electron chi connectivity index (χ0n) is 10.1. The van der Waals surface area contributed by atoms with Crippen molar-refractivity contribution in [3.8, 4) is 5.75 Å². The lowest BCUT2D eigenvalue weighted by Crippen LogP contribution is -2.30. The number of rotatable bonds is 3. The molecule has 1 atom stereocenters. The summed E-state index contributed by atoms with van der Waals surface area (Å²) in [6, 6.07) is 4.88. The Hall–Kier alpha value is -2.25. The van der Waals surface area contributed by atoms with Gasteiger partial charge >= 0.3 is 12.3 Å². The highest BCUT2D eigenvalue weighted by atomic mass is 19.4. The molecule has 1 N–H and O–H groups in total. The van der Waals surface area contributed by atoms with E-state index >= 15 is 0 Å². The first kappa shape index (κ1) is 14.2. The lowest BCUT2D eigenvalue weighted by atomic mass is 10.1. The van der Waals surface area contributed by atoms with Crippen LogP contribution in [-0.4, -0.2) is 29.9 Å². The van der Waals surface area contributed by atoms with E-state index in [-0.39, 0.29) is 18.7 Å². The van der Waals surface area contributed by atoms with Gasteiger partial charge in [0.1, 0.15) is 11.7 Å². The number of aliphatic carboxylic acids is 1. The average Bonchev–Trinajstić information content (AvgIpc) is 2.69. The second-order valence-corrected chi connectivity index (χ2v) is 4.21. The van der Waals surface area contributed by atoms with Crippen molar-refractivity contribution in [2.75, 3.05) is 11.4 Å². The summed E-state index contributed by atoms with van der Waals surface area (Å²) < 4.78 is 40.1. The molecule has 1 aliphatic heterocycles. The van der Waals surface area contributed by atoms with E-state index in [1.165, 1.54) is 12.1 Å². The molecule has 1 amide bonds. The topological polar surface area (TPSA) is 66.8 Å². The van der Waals surface area contributed by atoms with Crippen LogP contribution in [0.25, 0.3) is 0 Å². The van der Waals surface area contributed by atoms with Gasteiger partial charge in [0.25, 0.3) is 0 Å². The number of carbonyl (C=O) groups excluding carboxylic acids is 1. The monoisotopic (exact) mass is 289 g/mol. The molecule has 5 nitrogen and oxygen atoms in total. The molecule has 0 radical (unpaired) electrons. The van der Waals surface area contributed by atoms with E-state index in [0.717, 1.165) is 17.0 Å². The van der Waals surface area contributed by atoms with Crippen molar-refractivity contribution in [2.45, 2.75) is 12.8 Å². The van der Waals surface area contributed by atoms with Crippen LogP contribution in [-0.2, 0) is 9.59 Å². The number of nitrogens with zero attached hydrogens (tertiary/aromatic N) is 1. The van der Waals surface area contributed by atoms with Crippen LogP contribution < -0.4 is 9.64 Å².